The molecule has 1 amide bonds. The van der Waals surface area contributed by atoms with Crippen LogP contribution >= 0.6 is 0 Å². The number of amides is 1. The topological polar surface area (TPSA) is 93.7 Å². The highest BCUT2D eigenvalue weighted by atomic mass is 19.4. The highest BCUT2D eigenvalue weighted by Gasteiger charge is 2.42. The molecule has 2 aliphatic carbocycles. The molecule has 2 saturated carbocycles. The molecular formula is C24H29F3N2O5. The standard InChI is InChI=1S/C24H29F3N2O5/c25-24(26,27)22(32)34-29-20(30)13-12-17-8-10-18(11-9-17)16-28-23(14-4-1-5-15-23)21(31)33-19-6-2-3-7-19/h8-13,19,28H,1-7,14-16H2,(H,29,30)/b13-12+. The smallest absolute Gasteiger partial charge is 0.461 e. The first-order chi connectivity index (χ1) is 16.2. The Morgan fingerprint density at radius 3 is 2.26 bits per heavy atom. The van der Waals surface area contributed by atoms with Crippen LogP contribution in [0.4, 0.5) is 13.2 Å². The van der Waals surface area contributed by atoms with Crippen LogP contribution in [0.2, 0.25) is 0 Å². The summed E-state index contributed by atoms with van der Waals surface area (Å²) < 4.78 is 42.0. The minimum absolute atomic E-state index is 0.0216. The Bertz CT molecular complexity index is 887. The van der Waals surface area contributed by atoms with Crippen LogP contribution in [0.5, 0.6) is 0 Å². The number of carbonyl (C=O) groups excluding carboxylic acids is 3. The van der Waals surface area contributed by atoms with E-state index in [1.165, 1.54) is 11.6 Å². The van der Waals surface area contributed by atoms with E-state index in [9.17, 15) is 27.6 Å². The van der Waals surface area contributed by atoms with Gasteiger partial charge in [0.15, 0.2) is 0 Å². The molecule has 0 aliphatic heterocycles. The minimum atomic E-state index is -5.19. The first-order valence-electron chi connectivity index (χ1n) is 11.5. The molecule has 0 bridgehead atoms. The number of hydroxylamine groups is 1. The van der Waals surface area contributed by atoms with Crippen LogP contribution in [0, 0.1) is 0 Å². The predicted octanol–water partition coefficient (Wildman–Crippen LogP) is 4.11. The molecule has 1 aromatic carbocycles. The van der Waals surface area contributed by atoms with Crippen molar-refractivity contribution in [2.45, 2.75) is 82.2 Å². The van der Waals surface area contributed by atoms with E-state index in [1.54, 1.807) is 12.1 Å². The van der Waals surface area contributed by atoms with Crippen molar-refractivity contribution in [3.8, 4) is 0 Å². The average Bonchev–Trinajstić information content (AvgIpc) is 3.33. The molecule has 34 heavy (non-hydrogen) atoms. The van der Waals surface area contributed by atoms with Gasteiger partial charge in [-0.05, 0) is 55.7 Å². The van der Waals surface area contributed by atoms with E-state index in [-0.39, 0.29) is 12.1 Å². The highest BCUT2D eigenvalue weighted by molar-refractivity contribution is 5.92. The van der Waals surface area contributed by atoms with Crippen molar-refractivity contribution in [2.75, 3.05) is 0 Å². The maximum Gasteiger partial charge on any atom is 0.493 e. The van der Waals surface area contributed by atoms with Gasteiger partial charge in [-0.25, -0.2) is 4.79 Å². The number of alkyl halides is 3. The van der Waals surface area contributed by atoms with Gasteiger partial charge in [0.1, 0.15) is 11.6 Å². The summed E-state index contributed by atoms with van der Waals surface area (Å²) in [4.78, 5) is 38.8. The number of rotatable bonds is 7. The molecule has 2 aliphatic rings. The fourth-order valence-electron chi connectivity index (χ4n) is 4.26. The molecule has 3 rings (SSSR count). The van der Waals surface area contributed by atoms with Gasteiger partial charge in [-0.2, -0.15) is 18.7 Å². The number of benzene rings is 1. The lowest BCUT2D eigenvalue weighted by Gasteiger charge is -2.36. The SMILES string of the molecule is O=C(/C=C/c1ccc(CNC2(C(=O)OC3CCCC3)CCCCC2)cc1)NOC(=O)C(F)(F)F. The third kappa shape index (κ3) is 7.31. The van der Waals surface area contributed by atoms with E-state index in [0.717, 1.165) is 69.4 Å². The molecule has 10 heteroatoms. The average molecular weight is 482 g/mol. The maximum atomic E-state index is 13.0. The number of hydrogen-bond acceptors (Lipinski definition) is 6. The van der Waals surface area contributed by atoms with Crippen molar-refractivity contribution in [3.63, 3.8) is 0 Å². The van der Waals surface area contributed by atoms with Crippen molar-refractivity contribution >= 4 is 23.9 Å². The minimum Gasteiger partial charge on any atom is -0.461 e. The Balaban J connectivity index is 1.52. The van der Waals surface area contributed by atoms with Crippen molar-refractivity contribution in [3.05, 3.63) is 41.5 Å². The molecule has 0 atom stereocenters. The second kappa shape index (κ2) is 11.5. The van der Waals surface area contributed by atoms with E-state index in [4.69, 9.17) is 4.74 Å². The Morgan fingerprint density at radius 2 is 1.65 bits per heavy atom. The number of esters is 1. The second-order valence-electron chi connectivity index (χ2n) is 8.74. The van der Waals surface area contributed by atoms with E-state index in [0.29, 0.717) is 12.1 Å². The van der Waals surface area contributed by atoms with Crippen molar-refractivity contribution < 1.29 is 37.1 Å². The fourth-order valence-corrected chi connectivity index (χ4v) is 4.26. The van der Waals surface area contributed by atoms with Gasteiger partial charge in [0.2, 0.25) is 0 Å². The molecule has 0 aromatic heterocycles. The summed E-state index contributed by atoms with van der Waals surface area (Å²) in [7, 11) is 0. The lowest BCUT2D eigenvalue weighted by molar-refractivity contribution is -0.207. The molecular weight excluding hydrogens is 453 g/mol. The summed E-state index contributed by atoms with van der Waals surface area (Å²) in [5, 5.41) is 3.44. The highest BCUT2D eigenvalue weighted by Crippen LogP contribution is 2.32. The number of carbonyl (C=O) groups is 3. The monoisotopic (exact) mass is 482 g/mol. The normalized spacial score (nSPS) is 18.6. The van der Waals surface area contributed by atoms with Crippen LogP contribution in [-0.2, 0) is 30.5 Å². The molecule has 2 fully saturated rings. The van der Waals surface area contributed by atoms with Gasteiger partial charge in [-0.15, -0.1) is 0 Å². The van der Waals surface area contributed by atoms with Crippen LogP contribution in [0.25, 0.3) is 6.08 Å². The number of halogens is 3. The molecule has 0 spiro atoms. The molecule has 0 saturated heterocycles. The van der Waals surface area contributed by atoms with E-state index in [2.05, 4.69) is 10.2 Å². The van der Waals surface area contributed by atoms with E-state index in [1.807, 2.05) is 12.1 Å². The third-order valence-electron chi connectivity index (χ3n) is 6.19. The quantitative estimate of drug-likeness (QED) is 0.345. The number of ether oxygens (including phenoxy) is 1. The van der Waals surface area contributed by atoms with Crippen LogP contribution in [0.1, 0.15) is 68.9 Å². The number of hydrogen-bond donors (Lipinski definition) is 2. The van der Waals surface area contributed by atoms with Crippen molar-refractivity contribution in [1.82, 2.24) is 10.8 Å². The zero-order valence-corrected chi connectivity index (χ0v) is 18.8. The number of nitrogens with one attached hydrogen (secondary N) is 2. The van der Waals surface area contributed by atoms with Crippen molar-refractivity contribution in [1.29, 1.82) is 0 Å². The zero-order valence-electron chi connectivity index (χ0n) is 18.8. The van der Waals surface area contributed by atoms with Crippen LogP contribution in [-0.4, -0.2) is 35.7 Å². The fraction of sp³-hybridized carbons (Fsp3) is 0.542. The van der Waals surface area contributed by atoms with E-state index >= 15 is 0 Å². The summed E-state index contributed by atoms with van der Waals surface area (Å²) in [6.45, 7) is 0.470. The molecule has 7 nitrogen and oxygen atoms in total. The molecule has 0 radical (unpaired) electrons. The summed E-state index contributed by atoms with van der Waals surface area (Å²) in [5.41, 5.74) is 2.29. The molecule has 0 heterocycles. The Labute approximate surface area is 196 Å². The van der Waals surface area contributed by atoms with Gasteiger partial charge < -0.3 is 9.57 Å². The second-order valence-corrected chi connectivity index (χ2v) is 8.74. The zero-order chi connectivity index (χ0) is 24.6. The molecule has 0 unspecified atom stereocenters. The van der Waals surface area contributed by atoms with E-state index < -0.39 is 23.6 Å². The van der Waals surface area contributed by atoms with Gasteiger partial charge in [-0.1, -0.05) is 43.5 Å². The molecule has 2 N–H and O–H groups in total. The van der Waals surface area contributed by atoms with Crippen LogP contribution in [0.15, 0.2) is 30.3 Å². The molecule has 1 aromatic rings. The van der Waals surface area contributed by atoms with Gasteiger partial charge in [0.25, 0.3) is 5.91 Å². The summed E-state index contributed by atoms with van der Waals surface area (Å²) in [6.07, 6.45) is 5.73. The predicted molar refractivity (Wildman–Crippen MR) is 117 cm³/mol. The third-order valence-corrected chi connectivity index (χ3v) is 6.19. The van der Waals surface area contributed by atoms with Crippen molar-refractivity contribution in [2.24, 2.45) is 0 Å². The van der Waals surface area contributed by atoms with Gasteiger partial charge in [-0.3, -0.25) is 14.9 Å². The first kappa shape index (κ1) is 25.7. The van der Waals surface area contributed by atoms with Gasteiger partial charge in [0, 0.05) is 12.6 Å². The largest absolute Gasteiger partial charge is 0.493 e. The summed E-state index contributed by atoms with van der Waals surface area (Å²) in [6, 6.07) is 7.11. The summed E-state index contributed by atoms with van der Waals surface area (Å²) >= 11 is 0. The van der Waals surface area contributed by atoms with Gasteiger partial charge >= 0.3 is 18.1 Å². The Hall–Kier alpha value is -2.88. The van der Waals surface area contributed by atoms with Crippen LogP contribution in [0.3, 0.4) is 0 Å². The van der Waals surface area contributed by atoms with Gasteiger partial charge in [0.05, 0.1) is 0 Å². The first-order valence-corrected chi connectivity index (χ1v) is 11.5. The summed E-state index contributed by atoms with van der Waals surface area (Å²) in [5.74, 6) is -3.67. The van der Waals surface area contributed by atoms with Crippen LogP contribution < -0.4 is 10.8 Å². The lowest BCUT2D eigenvalue weighted by Crippen LogP contribution is -2.54. The maximum absolute atomic E-state index is 13.0. The Kier molecular flexibility index (Phi) is 8.71. The lowest BCUT2D eigenvalue weighted by atomic mass is 9.81. The molecule has 186 valence electrons. The Morgan fingerprint density at radius 1 is 1.00 bits per heavy atom.